The number of guanidine groups is 1. The Morgan fingerprint density at radius 2 is 2.07 bits per heavy atom. The van der Waals surface area contributed by atoms with Gasteiger partial charge in [0.2, 0.25) is 0 Å². The highest BCUT2D eigenvalue weighted by molar-refractivity contribution is 7.99. The quantitative estimate of drug-likeness (QED) is 0.463. The molecule has 0 heterocycles. The highest BCUT2D eigenvalue weighted by Crippen LogP contribution is 2.12. The molecule has 0 radical (unpaired) electrons. The van der Waals surface area contributed by atoms with Crippen LogP contribution in [-0.4, -0.2) is 41.3 Å². The number of aliphatic imine (C=N–C) groups is 1. The van der Waals surface area contributed by atoms with Gasteiger partial charge in [0.05, 0.1) is 12.6 Å². The van der Waals surface area contributed by atoms with Gasteiger partial charge in [-0.3, -0.25) is 0 Å². The van der Waals surface area contributed by atoms with E-state index in [4.69, 9.17) is 10.8 Å². The Kier molecular flexibility index (Phi) is 6.74. The zero-order valence-electron chi connectivity index (χ0n) is 9.32. The van der Waals surface area contributed by atoms with Gasteiger partial charge in [0.1, 0.15) is 0 Å². The van der Waals surface area contributed by atoms with Crippen molar-refractivity contribution in [2.75, 3.05) is 12.9 Å². The van der Waals surface area contributed by atoms with Gasteiger partial charge in [0, 0.05) is 11.3 Å². The topological polar surface area (TPSA) is 70.6 Å². The Bertz CT molecular complexity index is 181. The number of hydrogen-bond acceptors (Lipinski definition) is 3. The van der Waals surface area contributed by atoms with E-state index in [-0.39, 0.29) is 23.9 Å². The molecule has 5 heteroatoms. The van der Waals surface area contributed by atoms with E-state index in [1.807, 2.05) is 27.0 Å². The molecule has 2 unspecified atom stereocenters. The Balaban J connectivity index is 4.18. The van der Waals surface area contributed by atoms with Crippen molar-refractivity contribution in [2.45, 2.75) is 38.1 Å². The molecule has 0 saturated heterocycles. The van der Waals surface area contributed by atoms with Crippen LogP contribution in [0.3, 0.4) is 0 Å². The van der Waals surface area contributed by atoms with Crippen LogP contribution < -0.4 is 11.1 Å². The number of nitrogens with one attached hydrogen (secondary N) is 1. The number of nitrogens with zero attached hydrogens (tertiary/aromatic N) is 1. The van der Waals surface area contributed by atoms with Crippen LogP contribution in [0.25, 0.3) is 0 Å². The van der Waals surface area contributed by atoms with E-state index in [0.717, 1.165) is 0 Å². The highest BCUT2D eigenvalue weighted by atomic mass is 32.2. The third-order valence-corrected chi connectivity index (χ3v) is 2.95. The molecule has 0 aliphatic carbocycles. The molecule has 0 spiro atoms. The first-order valence-electron chi connectivity index (χ1n) is 4.74. The van der Waals surface area contributed by atoms with Crippen molar-refractivity contribution in [3.05, 3.63) is 0 Å². The van der Waals surface area contributed by atoms with E-state index in [9.17, 15) is 0 Å². The van der Waals surface area contributed by atoms with Gasteiger partial charge >= 0.3 is 0 Å². The van der Waals surface area contributed by atoms with Crippen molar-refractivity contribution in [1.29, 1.82) is 0 Å². The lowest BCUT2D eigenvalue weighted by Crippen LogP contribution is -2.38. The van der Waals surface area contributed by atoms with Crippen LogP contribution in [0.15, 0.2) is 4.99 Å². The predicted octanol–water partition coefficient (Wildman–Crippen LogP) is 0.412. The Hall–Kier alpha value is -0.420. The molecule has 0 rings (SSSR count). The number of aliphatic hydroxyl groups excluding tert-OH is 1. The molecule has 0 aliphatic heterocycles. The number of hydrogen-bond donors (Lipinski definition) is 3. The summed E-state index contributed by atoms with van der Waals surface area (Å²) in [6.45, 7) is 6.09. The SMILES string of the molecule is CSC(CO)C(C)N=C(N)NC(C)C. The van der Waals surface area contributed by atoms with Gasteiger partial charge in [0.25, 0.3) is 0 Å². The molecule has 2 atom stereocenters. The summed E-state index contributed by atoms with van der Waals surface area (Å²) in [5, 5.41) is 12.2. The highest BCUT2D eigenvalue weighted by Gasteiger charge is 2.14. The zero-order chi connectivity index (χ0) is 11.1. The van der Waals surface area contributed by atoms with E-state index >= 15 is 0 Å². The molecule has 0 aromatic rings. The normalized spacial score (nSPS) is 16.9. The lowest BCUT2D eigenvalue weighted by Gasteiger charge is -2.17. The minimum Gasteiger partial charge on any atom is -0.395 e. The molecule has 0 aromatic heterocycles. The maximum Gasteiger partial charge on any atom is 0.189 e. The summed E-state index contributed by atoms with van der Waals surface area (Å²) in [6.07, 6.45) is 1.96. The average molecular weight is 219 g/mol. The standard InChI is InChI=1S/C9H21N3OS/c1-6(2)11-9(10)12-7(3)8(5-13)14-4/h6-8,13H,5H2,1-4H3,(H3,10,11,12). The van der Waals surface area contributed by atoms with Gasteiger partial charge in [-0.25, -0.2) is 4.99 Å². The van der Waals surface area contributed by atoms with Crippen LogP contribution in [-0.2, 0) is 0 Å². The smallest absolute Gasteiger partial charge is 0.189 e. The van der Waals surface area contributed by atoms with Crippen LogP contribution in [0, 0.1) is 0 Å². The van der Waals surface area contributed by atoms with Crippen molar-refractivity contribution in [3.63, 3.8) is 0 Å². The number of thioether (sulfide) groups is 1. The van der Waals surface area contributed by atoms with Crippen LogP contribution in [0.5, 0.6) is 0 Å². The van der Waals surface area contributed by atoms with E-state index < -0.39 is 0 Å². The molecule has 0 fully saturated rings. The first kappa shape index (κ1) is 13.6. The molecular weight excluding hydrogens is 198 g/mol. The lowest BCUT2D eigenvalue weighted by atomic mass is 10.2. The average Bonchev–Trinajstić information content (AvgIpc) is 2.04. The maximum absolute atomic E-state index is 9.04. The van der Waals surface area contributed by atoms with Crippen molar-refractivity contribution >= 4 is 17.7 Å². The second kappa shape index (κ2) is 6.95. The van der Waals surface area contributed by atoms with Gasteiger partial charge < -0.3 is 16.2 Å². The lowest BCUT2D eigenvalue weighted by molar-refractivity contribution is 0.285. The summed E-state index contributed by atoms with van der Waals surface area (Å²) < 4.78 is 0. The van der Waals surface area contributed by atoms with Crippen molar-refractivity contribution in [2.24, 2.45) is 10.7 Å². The van der Waals surface area contributed by atoms with Gasteiger partial charge in [-0.05, 0) is 27.0 Å². The van der Waals surface area contributed by atoms with Crippen LogP contribution >= 0.6 is 11.8 Å². The largest absolute Gasteiger partial charge is 0.395 e. The summed E-state index contributed by atoms with van der Waals surface area (Å²) in [5.74, 6) is 0.444. The van der Waals surface area contributed by atoms with Crippen molar-refractivity contribution < 1.29 is 5.11 Å². The Morgan fingerprint density at radius 3 is 2.43 bits per heavy atom. The van der Waals surface area contributed by atoms with Crippen LogP contribution in [0.1, 0.15) is 20.8 Å². The summed E-state index contributed by atoms with van der Waals surface area (Å²) in [7, 11) is 0. The second-order valence-electron chi connectivity index (χ2n) is 3.51. The minimum atomic E-state index is 0.0289. The third kappa shape index (κ3) is 5.34. The second-order valence-corrected chi connectivity index (χ2v) is 4.59. The fourth-order valence-corrected chi connectivity index (χ4v) is 1.66. The molecule has 0 aliphatic rings. The van der Waals surface area contributed by atoms with E-state index in [2.05, 4.69) is 10.3 Å². The molecule has 84 valence electrons. The van der Waals surface area contributed by atoms with Gasteiger partial charge in [-0.2, -0.15) is 11.8 Å². The predicted molar refractivity (Wildman–Crippen MR) is 63.7 cm³/mol. The van der Waals surface area contributed by atoms with Gasteiger partial charge in [-0.15, -0.1) is 0 Å². The molecule has 0 bridgehead atoms. The number of nitrogens with two attached hydrogens (primary N) is 1. The summed E-state index contributed by atoms with van der Waals surface area (Å²) >= 11 is 1.60. The summed E-state index contributed by atoms with van der Waals surface area (Å²) in [4.78, 5) is 4.26. The summed E-state index contributed by atoms with van der Waals surface area (Å²) in [5.41, 5.74) is 5.67. The van der Waals surface area contributed by atoms with Gasteiger partial charge in [-0.1, -0.05) is 0 Å². The van der Waals surface area contributed by atoms with E-state index in [0.29, 0.717) is 5.96 Å². The number of rotatable bonds is 5. The molecular formula is C9H21N3OS. The number of aliphatic hydroxyl groups is 1. The Labute approximate surface area is 90.4 Å². The molecule has 0 saturated carbocycles. The first-order chi connectivity index (χ1) is 6.51. The molecule has 0 amide bonds. The fraction of sp³-hybridized carbons (Fsp3) is 0.889. The van der Waals surface area contributed by atoms with Crippen molar-refractivity contribution in [3.8, 4) is 0 Å². The first-order valence-corrected chi connectivity index (χ1v) is 6.03. The van der Waals surface area contributed by atoms with Crippen molar-refractivity contribution in [1.82, 2.24) is 5.32 Å². The Morgan fingerprint density at radius 1 is 1.50 bits per heavy atom. The molecule has 4 nitrogen and oxygen atoms in total. The third-order valence-electron chi connectivity index (χ3n) is 1.80. The monoisotopic (exact) mass is 219 g/mol. The molecule has 4 N–H and O–H groups in total. The summed E-state index contributed by atoms with van der Waals surface area (Å²) in [6, 6.07) is 0.314. The zero-order valence-corrected chi connectivity index (χ0v) is 10.1. The van der Waals surface area contributed by atoms with Crippen LogP contribution in [0.2, 0.25) is 0 Å². The van der Waals surface area contributed by atoms with E-state index in [1.54, 1.807) is 11.8 Å². The molecule has 0 aromatic carbocycles. The fourth-order valence-electron chi connectivity index (χ4n) is 1.06. The van der Waals surface area contributed by atoms with Gasteiger partial charge in [0.15, 0.2) is 5.96 Å². The van der Waals surface area contributed by atoms with E-state index in [1.165, 1.54) is 0 Å². The maximum atomic E-state index is 9.04. The van der Waals surface area contributed by atoms with Crippen LogP contribution in [0.4, 0.5) is 0 Å². The molecule has 14 heavy (non-hydrogen) atoms. The minimum absolute atomic E-state index is 0.0289.